The molecule has 0 radical (unpaired) electrons. The number of anilines is 1. The Morgan fingerprint density at radius 2 is 1.86 bits per heavy atom. The topological polar surface area (TPSA) is 86.1 Å². The summed E-state index contributed by atoms with van der Waals surface area (Å²) in [7, 11) is 0.661. The highest BCUT2D eigenvalue weighted by Gasteiger charge is 2.28. The van der Waals surface area contributed by atoms with Crippen molar-refractivity contribution in [3.8, 4) is 0 Å². The number of hydrogen-bond donors (Lipinski definition) is 2. The zero-order valence-corrected chi connectivity index (χ0v) is 13.3. The van der Waals surface area contributed by atoms with Gasteiger partial charge < -0.3 is 9.87 Å². The quantitative estimate of drug-likeness (QED) is 0.593. The molecule has 0 saturated carbocycles. The maximum atomic E-state index is 9.22. The lowest BCUT2D eigenvalue weighted by atomic mass is 10.3. The Labute approximate surface area is 125 Å². The number of quaternary nitrogens is 1. The molecule has 0 spiro atoms. The van der Waals surface area contributed by atoms with Gasteiger partial charge in [0, 0.05) is 18.8 Å². The number of rotatable bonds is 3. The summed E-state index contributed by atoms with van der Waals surface area (Å²) in [6, 6.07) is 10.8. The van der Waals surface area contributed by atoms with Crippen molar-refractivity contribution < 1.29 is 22.2 Å². The minimum Gasteiger partial charge on any atom is -0.726 e. The van der Waals surface area contributed by atoms with Crippen LogP contribution in [0.1, 0.15) is 6.92 Å². The first-order chi connectivity index (χ1) is 9.74. The lowest BCUT2D eigenvalue weighted by molar-refractivity contribution is -0.955. The SMILES string of the molecule is CC1C=C(Nc2ccccc2)[NH+](C)N1C.COS(=O)(=O)[O-]. The first-order valence-corrected chi connectivity index (χ1v) is 7.70. The van der Waals surface area contributed by atoms with Crippen LogP contribution in [0.2, 0.25) is 0 Å². The third kappa shape index (κ3) is 5.82. The Morgan fingerprint density at radius 1 is 1.33 bits per heavy atom. The van der Waals surface area contributed by atoms with E-state index in [1.54, 1.807) is 0 Å². The number of para-hydroxylation sites is 1. The summed E-state index contributed by atoms with van der Waals surface area (Å²) in [6.07, 6.45) is 2.25. The van der Waals surface area contributed by atoms with Crippen molar-refractivity contribution >= 4 is 16.1 Å². The van der Waals surface area contributed by atoms with Crippen LogP contribution in [0.5, 0.6) is 0 Å². The molecule has 0 aliphatic carbocycles. The molecule has 2 rings (SSSR count). The fourth-order valence-electron chi connectivity index (χ4n) is 1.78. The van der Waals surface area contributed by atoms with E-state index in [0.717, 1.165) is 12.8 Å². The molecule has 0 saturated heterocycles. The molecule has 0 bridgehead atoms. The molecule has 1 aromatic carbocycles. The standard InChI is InChI=1S/C12H17N3.CH4O4S/c1-10-9-12(15(3)14(10)2)13-11-7-5-4-6-8-11;1-5-6(2,3)4/h4-10,13H,1-3H3;1H3,(H,2,3,4). The summed E-state index contributed by atoms with van der Waals surface area (Å²) >= 11 is 0. The van der Waals surface area contributed by atoms with Crippen LogP contribution in [0.25, 0.3) is 0 Å². The second-order valence-electron chi connectivity index (χ2n) is 4.58. The fourth-order valence-corrected chi connectivity index (χ4v) is 1.78. The number of benzene rings is 1. The van der Waals surface area contributed by atoms with E-state index in [0.29, 0.717) is 6.04 Å². The van der Waals surface area contributed by atoms with Gasteiger partial charge in [-0.05, 0) is 19.1 Å². The van der Waals surface area contributed by atoms with Crippen LogP contribution in [0.3, 0.4) is 0 Å². The summed E-state index contributed by atoms with van der Waals surface area (Å²) in [5.74, 6) is 1.22. The van der Waals surface area contributed by atoms with Gasteiger partial charge in [0.05, 0.1) is 20.2 Å². The van der Waals surface area contributed by atoms with E-state index < -0.39 is 10.4 Å². The monoisotopic (exact) mass is 315 g/mol. The fraction of sp³-hybridized carbons (Fsp3) is 0.385. The highest BCUT2D eigenvalue weighted by atomic mass is 32.3. The van der Waals surface area contributed by atoms with Crippen LogP contribution in [0, 0.1) is 0 Å². The first kappa shape index (κ1) is 17.6. The summed E-state index contributed by atoms with van der Waals surface area (Å²) in [5.41, 5.74) is 1.14. The van der Waals surface area contributed by atoms with Gasteiger partial charge in [0.2, 0.25) is 16.2 Å². The Balaban J connectivity index is 0.000000315. The second kappa shape index (κ2) is 7.53. The average Bonchev–Trinajstić information content (AvgIpc) is 2.67. The molecule has 7 nitrogen and oxygen atoms in total. The molecule has 118 valence electrons. The van der Waals surface area contributed by atoms with Crippen molar-refractivity contribution in [3.63, 3.8) is 0 Å². The predicted octanol–water partition coefficient (Wildman–Crippen LogP) is -0.203. The van der Waals surface area contributed by atoms with Gasteiger partial charge in [-0.2, -0.15) is 0 Å². The van der Waals surface area contributed by atoms with Crippen molar-refractivity contribution in [2.24, 2.45) is 0 Å². The Kier molecular flexibility index (Phi) is 6.31. The maximum Gasteiger partial charge on any atom is 0.221 e. The number of nitrogens with zero attached hydrogens (tertiary/aromatic N) is 1. The van der Waals surface area contributed by atoms with Gasteiger partial charge in [-0.3, -0.25) is 4.18 Å². The minimum absolute atomic E-state index is 0.483. The molecule has 8 heteroatoms. The predicted molar refractivity (Wildman–Crippen MR) is 79.0 cm³/mol. The van der Waals surface area contributed by atoms with E-state index in [1.807, 2.05) is 18.2 Å². The van der Waals surface area contributed by atoms with Gasteiger partial charge in [-0.1, -0.05) is 18.2 Å². The van der Waals surface area contributed by atoms with Gasteiger partial charge in [0.1, 0.15) is 0 Å². The molecule has 0 amide bonds. The molecule has 1 aliphatic heterocycles. The van der Waals surface area contributed by atoms with Crippen molar-refractivity contribution in [3.05, 3.63) is 42.2 Å². The zero-order chi connectivity index (χ0) is 16.0. The third-order valence-electron chi connectivity index (χ3n) is 3.19. The van der Waals surface area contributed by atoms with Gasteiger partial charge in [0.15, 0.2) is 0 Å². The van der Waals surface area contributed by atoms with E-state index in [9.17, 15) is 13.0 Å². The zero-order valence-electron chi connectivity index (χ0n) is 12.5. The Hall–Kier alpha value is -1.45. The average molecular weight is 315 g/mol. The van der Waals surface area contributed by atoms with E-state index in [1.165, 1.54) is 10.8 Å². The number of hydrogen-bond acceptors (Lipinski definition) is 6. The third-order valence-corrected chi connectivity index (χ3v) is 3.60. The number of likely N-dealkylation sites (N-methyl/N-ethyl adjacent to an activating group) is 1. The van der Waals surface area contributed by atoms with Crippen LogP contribution >= 0.6 is 0 Å². The van der Waals surface area contributed by atoms with Crippen LogP contribution in [0.15, 0.2) is 42.2 Å². The van der Waals surface area contributed by atoms with Gasteiger partial charge in [-0.15, -0.1) is 5.01 Å². The first-order valence-electron chi connectivity index (χ1n) is 6.36. The lowest BCUT2D eigenvalue weighted by Gasteiger charge is -2.21. The van der Waals surface area contributed by atoms with E-state index in [4.69, 9.17) is 0 Å². The Bertz CT molecular complexity index is 574. The van der Waals surface area contributed by atoms with Crippen molar-refractivity contribution in [2.75, 3.05) is 26.5 Å². The summed E-state index contributed by atoms with van der Waals surface area (Å²) in [6.45, 7) is 2.20. The van der Waals surface area contributed by atoms with Crippen LogP contribution < -0.4 is 10.3 Å². The molecule has 0 aromatic heterocycles. The maximum absolute atomic E-state index is 9.22. The van der Waals surface area contributed by atoms with E-state index in [-0.39, 0.29) is 0 Å². The van der Waals surface area contributed by atoms with E-state index in [2.05, 4.69) is 53.7 Å². The summed E-state index contributed by atoms with van der Waals surface area (Å²) < 4.78 is 31.0. The Morgan fingerprint density at radius 3 is 2.24 bits per heavy atom. The van der Waals surface area contributed by atoms with Gasteiger partial charge in [0.25, 0.3) is 0 Å². The molecule has 1 aliphatic rings. The molecule has 2 N–H and O–H groups in total. The second-order valence-corrected chi connectivity index (χ2v) is 5.73. The summed E-state index contributed by atoms with van der Waals surface area (Å²) in [5, 5.41) is 7.00. The highest BCUT2D eigenvalue weighted by Crippen LogP contribution is 2.09. The normalized spacial score (nSPS) is 22.2. The van der Waals surface area contributed by atoms with Crippen molar-refractivity contribution in [1.29, 1.82) is 0 Å². The largest absolute Gasteiger partial charge is 0.726 e. The van der Waals surface area contributed by atoms with Crippen molar-refractivity contribution in [1.82, 2.24) is 5.01 Å². The van der Waals surface area contributed by atoms with Crippen LogP contribution in [0.4, 0.5) is 5.69 Å². The molecule has 21 heavy (non-hydrogen) atoms. The lowest BCUT2D eigenvalue weighted by Crippen LogP contribution is -3.12. The van der Waals surface area contributed by atoms with Crippen LogP contribution in [-0.2, 0) is 14.6 Å². The molecule has 1 heterocycles. The highest BCUT2D eigenvalue weighted by molar-refractivity contribution is 7.80. The number of nitrogens with one attached hydrogen (secondary N) is 2. The molecule has 2 atom stereocenters. The van der Waals surface area contributed by atoms with E-state index >= 15 is 0 Å². The van der Waals surface area contributed by atoms with Crippen molar-refractivity contribution in [2.45, 2.75) is 13.0 Å². The van der Waals surface area contributed by atoms with Gasteiger partial charge >= 0.3 is 0 Å². The van der Waals surface area contributed by atoms with Crippen LogP contribution in [-0.4, -0.2) is 45.2 Å². The molecule has 2 unspecified atom stereocenters. The smallest absolute Gasteiger partial charge is 0.221 e. The van der Waals surface area contributed by atoms with Gasteiger partial charge in [-0.25, -0.2) is 13.4 Å². The minimum atomic E-state index is -4.41. The molecular weight excluding hydrogens is 294 g/mol. The molecule has 1 aromatic rings. The molecule has 0 fully saturated rings. The summed E-state index contributed by atoms with van der Waals surface area (Å²) in [4.78, 5) is 0. The molecular formula is C13H21N3O4S.